The third-order valence-electron chi connectivity index (χ3n) is 3.84. The van der Waals surface area contributed by atoms with Crippen LogP contribution in [-0.4, -0.2) is 43.1 Å². The Hall–Kier alpha value is -1.26. The number of nitrogens with zero attached hydrogens (tertiary/aromatic N) is 1. The zero-order valence-corrected chi connectivity index (χ0v) is 13.6. The second-order valence-corrected chi connectivity index (χ2v) is 5.99. The SMILES string of the molecule is CNCC1CCCN1C(=O)C(C)Oc1cc(C)ccc1Cl. The number of carbonyl (C=O) groups is 1. The molecule has 1 heterocycles. The van der Waals surface area contributed by atoms with Gasteiger partial charge < -0.3 is 15.0 Å². The lowest BCUT2D eigenvalue weighted by atomic mass is 10.2. The van der Waals surface area contributed by atoms with Crippen molar-refractivity contribution in [1.29, 1.82) is 0 Å². The summed E-state index contributed by atoms with van der Waals surface area (Å²) in [5, 5.41) is 3.68. The largest absolute Gasteiger partial charge is 0.479 e. The third kappa shape index (κ3) is 3.89. The van der Waals surface area contributed by atoms with E-state index in [1.165, 1.54) is 0 Å². The van der Waals surface area contributed by atoms with Crippen LogP contribution in [0.1, 0.15) is 25.3 Å². The van der Waals surface area contributed by atoms with E-state index in [9.17, 15) is 4.79 Å². The zero-order valence-electron chi connectivity index (χ0n) is 12.9. The first kappa shape index (κ1) is 16.1. The van der Waals surface area contributed by atoms with E-state index in [0.717, 1.165) is 31.5 Å². The lowest BCUT2D eigenvalue weighted by Gasteiger charge is -2.27. The number of ether oxygens (including phenoxy) is 1. The van der Waals surface area contributed by atoms with Gasteiger partial charge in [-0.1, -0.05) is 17.7 Å². The highest BCUT2D eigenvalue weighted by molar-refractivity contribution is 6.32. The number of halogens is 1. The molecule has 1 fully saturated rings. The van der Waals surface area contributed by atoms with Crippen LogP contribution in [0.4, 0.5) is 0 Å². The van der Waals surface area contributed by atoms with Crippen LogP contribution in [0.15, 0.2) is 18.2 Å². The average Bonchev–Trinajstić information content (AvgIpc) is 2.90. The fourth-order valence-corrected chi connectivity index (χ4v) is 2.91. The number of nitrogens with one attached hydrogen (secondary N) is 1. The van der Waals surface area contributed by atoms with Crippen molar-refractivity contribution in [2.24, 2.45) is 0 Å². The molecule has 2 rings (SSSR count). The van der Waals surface area contributed by atoms with Gasteiger partial charge in [-0.2, -0.15) is 0 Å². The van der Waals surface area contributed by atoms with Gasteiger partial charge in [0, 0.05) is 19.1 Å². The fourth-order valence-electron chi connectivity index (χ4n) is 2.75. The molecule has 0 aliphatic carbocycles. The summed E-state index contributed by atoms with van der Waals surface area (Å²) in [6.07, 6.45) is 1.57. The Kier molecular flexibility index (Phi) is 5.48. The molecule has 0 bridgehead atoms. The van der Waals surface area contributed by atoms with E-state index in [0.29, 0.717) is 10.8 Å². The number of carbonyl (C=O) groups excluding carboxylic acids is 1. The van der Waals surface area contributed by atoms with Crippen LogP contribution in [-0.2, 0) is 4.79 Å². The smallest absolute Gasteiger partial charge is 0.263 e. The molecule has 1 aromatic carbocycles. The molecular weight excluding hydrogens is 288 g/mol. The topological polar surface area (TPSA) is 41.6 Å². The van der Waals surface area contributed by atoms with Gasteiger partial charge in [0.1, 0.15) is 5.75 Å². The van der Waals surface area contributed by atoms with Gasteiger partial charge in [-0.25, -0.2) is 0 Å². The van der Waals surface area contributed by atoms with Crippen LogP contribution in [0.5, 0.6) is 5.75 Å². The second-order valence-electron chi connectivity index (χ2n) is 5.58. The van der Waals surface area contributed by atoms with Crippen molar-refractivity contribution < 1.29 is 9.53 Å². The summed E-state index contributed by atoms with van der Waals surface area (Å²) < 4.78 is 5.78. The maximum atomic E-state index is 12.6. The summed E-state index contributed by atoms with van der Waals surface area (Å²) in [5.74, 6) is 0.604. The Balaban J connectivity index is 2.03. The van der Waals surface area contributed by atoms with Gasteiger partial charge in [0.15, 0.2) is 6.10 Å². The molecule has 1 aliphatic heterocycles. The molecule has 21 heavy (non-hydrogen) atoms. The second kappa shape index (κ2) is 7.14. The number of aryl methyl sites for hydroxylation is 1. The first-order chi connectivity index (χ1) is 10.0. The number of amides is 1. The molecule has 0 aromatic heterocycles. The van der Waals surface area contributed by atoms with Gasteiger partial charge in [-0.15, -0.1) is 0 Å². The lowest BCUT2D eigenvalue weighted by Crippen LogP contribution is -2.46. The van der Waals surface area contributed by atoms with Crippen LogP contribution in [0.25, 0.3) is 0 Å². The molecule has 0 spiro atoms. The standard InChI is InChI=1S/C16H23ClN2O2/c1-11-6-7-14(17)15(9-11)21-12(2)16(20)19-8-4-5-13(19)10-18-3/h6-7,9,12-13,18H,4-5,8,10H2,1-3H3. The summed E-state index contributed by atoms with van der Waals surface area (Å²) in [4.78, 5) is 14.5. The molecule has 0 saturated carbocycles. The minimum absolute atomic E-state index is 0.0327. The van der Waals surface area contributed by atoms with Crippen LogP contribution in [0.2, 0.25) is 5.02 Å². The monoisotopic (exact) mass is 310 g/mol. The average molecular weight is 311 g/mol. The molecule has 0 radical (unpaired) electrons. The van der Waals surface area contributed by atoms with Gasteiger partial charge >= 0.3 is 0 Å². The van der Waals surface area contributed by atoms with Crippen molar-refractivity contribution in [3.63, 3.8) is 0 Å². The highest BCUT2D eigenvalue weighted by Crippen LogP contribution is 2.27. The predicted octanol–water partition coefficient (Wildman–Crippen LogP) is 2.63. The van der Waals surface area contributed by atoms with E-state index in [4.69, 9.17) is 16.3 Å². The zero-order chi connectivity index (χ0) is 15.4. The maximum absolute atomic E-state index is 12.6. The Morgan fingerprint density at radius 3 is 3.05 bits per heavy atom. The first-order valence-corrected chi connectivity index (χ1v) is 7.78. The first-order valence-electron chi connectivity index (χ1n) is 7.41. The Morgan fingerprint density at radius 2 is 2.33 bits per heavy atom. The minimum Gasteiger partial charge on any atom is -0.479 e. The number of rotatable bonds is 5. The molecule has 2 unspecified atom stereocenters. The van der Waals surface area contributed by atoms with Crippen LogP contribution in [0, 0.1) is 6.92 Å². The fraction of sp³-hybridized carbons (Fsp3) is 0.562. The van der Waals surface area contributed by atoms with Gasteiger partial charge in [0.2, 0.25) is 0 Å². The van der Waals surface area contributed by atoms with Crippen molar-refractivity contribution in [3.8, 4) is 5.75 Å². The molecule has 2 atom stereocenters. The van der Waals surface area contributed by atoms with E-state index in [-0.39, 0.29) is 11.9 Å². The number of hydrogen-bond donors (Lipinski definition) is 1. The molecule has 1 amide bonds. The molecule has 1 aromatic rings. The predicted molar refractivity (Wildman–Crippen MR) is 84.9 cm³/mol. The van der Waals surface area contributed by atoms with E-state index in [2.05, 4.69) is 5.32 Å². The van der Waals surface area contributed by atoms with Crippen molar-refractivity contribution in [3.05, 3.63) is 28.8 Å². The highest BCUT2D eigenvalue weighted by Gasteiger charge is 2.31. The Labute approximate surface area is 131 Å². The number of likely N-dealkylation sites (N-methyl/N-ethyl adjacent to an activating group) is 1. The summed E-state index contributed by atoms with van der Waals surface area (Å²) in [7, 11) is 1.91. The molecule has 1 aliphatic rings. The number of benzene rings is 1. The normalized spacial score (nSPS) is 19.6. The van der Waals surface area contributed by atoms with Crippen LogP contribution >= 0.6 is 11.6 Å². The molecule has 1 N–H and O–H groups in total. The molecular formula is C16H23ClN2O2. The molecule has 1 saturated heterocycles. The van der Waals surface area contributed by atoms with Crippen molar-refractivity contribution in [2.45, 2.75) is 38.8 Å². The van der Waals surface area contributed by atoms with E-state index in [1.807, 2.05) is 31.0 Å². The third-order valence-corrected chi connectivity index (χ3v) is 4.15. The van der Waals surface area contributed by atoms with E-state index in [1.54, 1.807) is 13.0 Å². The summed E-state index contributed by atoms with van der Waals surface area (Å²) in [6.45, 7) is 5.39. The van der Waals surface area contributed by atoms with Crippen LogP contribution < -0.4 is 10.1 Å². The maximum Gasteiger partial charge on any atom is 0.263 e. The lowest BCUT2D eigenvalue weighted by molar-refractivity contribution is -0.138. The van der Waals surface area contributed by atoms with Crippen LogP contribution in [0.3, 0.4) is 0 Å². The minimum atomic E-state index is -0.526. The molecule has 5 heteroatoms. The quantitative estimate of drug-likeness (QED) is 0.909. The van der Waals surface area contributed by atoms with Gasteiger partial charge in [-0.05, 0) is 51.4 Å². The van der Waals surface area contributed by atoms with Gasteiger partial charge in [-0.3, -0.25) is 4.79 Å². The van der Waals surface area contributed by atoms with Crippen molar-refractivity contribution in [2.75, 3.05) is 20.1 Å². The Morgan fingerprint density at radius 1 is 1.57 bits per heavy atom. The van der Waals surface area contributed by atoms with Crippen molar-refractivity contribution in [1.82, 2.24) is 10.2 Å². The number of hydrogen-bond acceptors (Lipinski definition) is 3. The number of likely N-dealkylation sites (tertiary alicyclic amines) is 1. The van der Waals surface area contributed by atoms with Gasteiger partial charge in [0.05, 0.1) is 5.02 Å². The van der Waals surface area contributed by atoms with E-state index < -0.39 is 6.10 Å². The summed E-state index contributed by atoms with van der Waals surface area (Å²) in [5.41, 5.74) is 1.06. The Bertz CT molecular complexity index is 507. The van der Waals surface area contributed by atoms with Crippen molar-refractivity contribution >= 4 is 17.5 Å². The molecule has 4 nitrogen and oxygen atoms in total. The highest BCUT2D eigenvalue weighted by atomic mass is 35.5. The van der Waals surface area contributed by atoms with E-state index >= 15 is 0 Å². The molecule has 116 valence electrons. The summed E-state index contributed by atoms with van der Waals surface area (Å²) >= 11 is 6.12. The summed E-state index contributed by atoms with van der Waals surface area (Å²) in [6, 6.07) is 5.84. The van der Waals surface area contributed by atoms with Gasteiger partial charge in [0.25, 0.3) is 5.91 Å².